The van der Waals surface area contributed by atoms with Gasteiger partial charge in [-0.05, 0) is 61.7 Å². The molecule has 46 heavy (non-hydrogen) atoms. The van der Waals surface area contributed by atoms with Crippen molar-refractivity contribution in [3.05, 3.63) is 47.5 Å². The molecule has 0 bridgehead atoms. The van der Waals surface area contributed by atoms with Crippen molar-refractivity contribution >= 4 is 23.4 Å². The number of aliphatic hydroxyl groups excluding tert-OH is 2. The van der Waals surface area contributed by atoms with Crippen LogP contribution in [-0.2, 0) is 44.8 Å². The van der Waals surface area contributed by atoms with Gasteiger partial charge in [0.15, 0.2) is 5.78 Å². The molecule has 1 aromatic rings. The van der Waals surface area contributed by atoms with Gasteiger partial charge in [-0.25, -0.2) is 0 Å². The first-order chi connectivity index (χ1) is 22.2. The Bertz CT molecular complexity index is 1210. The highest BCUT2D eigenvalue weighted by molar-refractivity contribution is 6.08. The van der Waals surface area contributed by atoms with Crippen LogP contribution in [0.3, 0.4) is 0 Å². The SMILES string of the molecule is CCC(C)C(=O)OC1CCC(=NOCC2COCOC2)C2=CC(=O)C(C)C(CCC(O)CC(O)CC(=O)OCc3ccccc3)C21. The number of esters is 2. The highest BCUT2D eigenvalue weighted by Gasteiger charge is 2.47. The lowest BCUT2D eigenvalue weighted by atomic mass is 9.63. The number of nitrogens with zero attached hydrogens (tertiary/aromatic N) is 1. The van der Waals surface area contributed by atoms with Crippen LogP contribution in [0.2, 0.25) is 0 Å². The summed E-state index contributed by atoms with van der Waals surface area (Å²) in [6, 6.07) is 9.27. The van der Waals surface area contributed by atoms with Crippen LogP contribution in [0, 0.1) is 29.6 Å². The molecule has 3 aliphatic rings. The van der Waals surface area contributed by atoms with E-state index in [2.05, 4.69) is 5.16 Å². The van der Waals surface area contributed by atoms with E-state index >= 15 is 0 Å². The van der Waals surface area contributed by atoms with Crippen LogP contribution in [0.4, 0.5) is 0 Å². The molecule has 1 aliphatic heterocycles. The molecule has 2 fully saturated rings. The maximum Gasteiger partial charge on any atom is 0.308 e. The summed E-state index contributed by atoms with van der Waals surface area (Å²) in [5, 5.41) is 25.8. The van der Waals surface area contributed by atoms with Gasteiger partial charge in [-0.15, -0.1) is 0 Å². The number of hydrogen-bond donors (Lipinski definition) is 2. The monoisotopic (exact) mass is 643 g/mol. The number of hydrogen-bond acceptors (Lipinski definition) is 11. The Labute approximate surface area is 271 Å². The molecule has 0 amide bonds. The molecule has 11 nitrogen and oxygen atoms in total. The van der Waals surface area contributed by atoms with Gasteiger partial charge in [0.05, 0.1) is 43.5 Å². The van der Waals surface area contributed by atoms with Crippen molar-refractivity contribution in [2.75, 3.05) is 26.6 Å². The van der Waals surface area contributed by atoms with Gasteiger partial charge in [-0.1, -0.05) is 56.3 Å². The average Bonchev–Trinajstić information content (AvgIpc) is 3.05. The third kappa shape index (κ3) is 10.2. The van der Waals surface area contributed by atoms with E-state index in [1.165, 1.54) is 0 Å². The van der Waals surface area contributed by atoms with E-state index in [1.54, 1.807) is 6.08 Å². The van der Waals surface area contributed by atoms with Gasteiger partial charge >= 0.3 is 11.9 Å². The number of ketones is 1. The lowest BCUT2D eigenvalue weighted by molar-refractivity contribution is -0.158. The summed E-state index contributed by atoms with van der Waals surface area (Å²) < 4.78 is 22.0. The summed E-state index contributed by atoms with van der Waals surface area (Å²) in [6.07, 6.45) is 1.36. The Morgan fingerprint density at radius 2 is 1.85 bits per heavy atom. The van der Waals surface area contributed by atoms with Gasteiger partial charge in [0, 0.05) is 17.8 Å². The number of aliphatic hydroxyl groups is 2. The predicted octanol–water partition coefficient (Wildman–Crippen LogP) is 4.13. The van der Waals surface area contributed by atoms with E-state index in [0.29, 0.717) is 63.2 Å². The standard InChI is InChI=1S/C35H49NO10/c1-4-22(2)35(41)46-32-13-12-30(36-45-20-25-17-42-21-43-18-25)29-16-31(39)23(3)28(34(29)32)11-10-26(37)14-27(38)15-33(40)44-19-24-8-6-5-7-9-24/h5-9,16,22-23,25-28,32,34,37-38H,4,10-15,17-21H2,1-3H3. The molecule has 7 atom stereocenters. The van der Waals surface area contributed by atoms with Crippen molar-refractivity contribution in [2.45, 2.75) is 90.6 Å². The molecular weight excluding hydrogens is 594 g/mol. The molecule has 4 rings (SSSR count). The lowest BCUT2D eigenvalue weighted by Gasteiger charge is -2.43. The second-order valence-electron chi connectivity index (χ2n) is 12.8. The normalized spacial score (nSPS) is 26.4. The Morgan fingerprint density at radius 1 is 1.11 bits per heavy atom. The summed E-state index contributed by atoms with van der Waals surface area (Å²) in [5.74, 6) is -1.99. The molecule has 7 unspecified atom stereocenters. The van der Waals surface area contributed by atoms with Crippen molar-refractivity contribution in [1.29, 1.82) is 0 Å². The summed E-state index contributed by atoms with van der Waals surface area (Å²) >= 11 is 0. The van der Waals surface area contributed by atoms with Crippen LogP contribution in [0.25, 0.3) is 0 Å². The molecule has 1 aromatic carbocycles. The minimum absolute atomic E-state index is 0.00950. The van der Waals surface area contributed by atoms with Crippen LogP contribution in [0.5, 0.6) is 0 Å². The maximum absolute atomic E-state index is 13.3. The lowest BCUT2D eigenvalue weighted by Crippen LogP contribution is -2.46. The van der Waals surface area contributed by atoms with Crippen molar-refractivity contribution in [1.82, 2.24) is 0 Å². The van der Waals surface area contributed by atoms with Crippen molar-refractivity contribution in [2.24, 2.45) is 34.7 Å². The molecule has 2 N–H and O–H groups in total. The molecule has 1 heterocycles. The Hall–Kier alpha value is -3.12. The molecule has 2 aliphatic carbocycles. The largest absolute Gasteiger partial charge is 0.461 e. The number of benzene rings is 1. The fourth-order valence-corrected chi connectivity index (χ4v) is 6.32. The number of carbonyl (C=O) groups is 3. The van der Waals surface area contributed by atoms with E-state index in [1.807, 2.05) is 51.1 Å². The number of fused-ring (bicyclic) bond motifs is 1. The van der Waals surface area contributed by atoms with Gasteiger partial charge in [0.2, 0.25) is 0 Å². The predicted molar refractivity (Wildman–Crippen MR) is 168 cm³/mol. The zero-order chi connectivity index (χ0) is 33.1. The van der Waals surface area contributed by atoms with Gasteiger partial charge < -0.3 is 34.0 Å². The van der Waals surface area contributed by atoms with Crippen molar-refractivity contribution in [3.8, 4) is 0 Å². The van der Waals surface area contributed by atoms with Gasteiger partial charge in [-0.2, -0.15) is 0 Å². The minimum atomic E-state index is -1.08. The zero-order valence-corrected chi connectivity index (χ0v) is 27.2. The first kappa shape index (κ1) is 35.7. The fraction of sp³-hybridized carbons (Fsp3) is 0.657. The third-order valence-corrected chi connectivity index (χ3v) is 9.27. The first-order valence-corrected chi connectivity index (χ1v) is 16.5. The molecule has 1 saturated heterocycles. The van der Waals surface area contributed by atoms with Crippen LogP contribution >= 0.6 is 0 Å². The van der Waals surface area contributed by atoms with E-state index < -0.39 is 24.3 Å². The summed E-state index contributed by atoms with van der Waals surface area (Å²) in [6.45, 7) is 7.38. The molecule has 11 heteroatoms. The Kier molecular flexibility index (Phi) is 13.7. The number of allylic oxidation sites excluding steroid dienone is 1. The average molecular weight is 644 g/mol. The fourth-order valence-electron chi connectivity index (χ4n) is 6.32. The van der Waals surface area contributed by atoms with E-state index in [9.17, 15) is 24.6 Å². The summed E-state index contributed by atoms with van der Waals surface area (Å²) in [4.78, 5) is 44.1. The number of oxime groups is 1. The van der Waals surface area contributed by atoms with Crippen molar-refractivity contribution < 1.29 is 48.4 Å². The second kappa shape index (κ2) is 17.7. The third-order valence-electron chi connectivity index (χ3n) is 9.27. The smallest absolute Gasteiger partial charge is 0.308 e. The first-order valence-electron chi connectivity index (χ1n) is 16.5. The highest BCUT2D eigenvalue weighted by atomic mass is 16.7. The highest BCUT2D eigenvalue weighted by Crippen LogP contribution is 2.45. The van der Waals surface area contributed by atoms with Crippen molar-refractivity contribution in [3.63, 3.8) is 0 Å². The number of carbonyl (C=O) groups excluding carboxylic acids is 3. The molecule has 254 valence electrons. The Balaban J connectivity index is 1.40. The summed E-state index contributed by atoms with van der Waals surface area (Å²) in [7, 11) is 0. The van der Waals surface area contributed by atoms with Crippen LogP contribution in [-0.4, -0.2) is 78.6 Å². The quantitative estimate of drug-likeness (QED) is 0.211. The van der Waals surface area contributed by atoms with Gasteiger partial charge in [0.1, 0.15) is 26.1 Å². The molecule has 0 spiro atoms. The van der Waals surface area contributed by atoms with E-state index in [4.69, 9.17) is 23.8 Å². The molecule has 0 aromatic heterocycles. The number of rotatable bonds is 15. The minimum Gasteiger partial charge on any atom is -0.461 e. The molecule has 1 saturated carbocycles. The molecular formula is C35H49NO10. The maximum atomic E-state index is 13.3. The second-order valence-corrected chi connectivity index (χ2v) is 12.8. The topological polar surface area (TPSA) is 150 Å². The van der Waals surface area contributed by atoms with Crippen LogP contribution < -0.4 is 0 Å². The van der Waals surface area contributed by atoms with Gasteiger partial charge in [0.25, 0.3) is 0 Å². The summed E-state index contributed by atoms with van der Waals surface area (Å²) in [5.41, 5.74) is 2.22. The van der Waals surface area contributed by atoms with E-state index in [-0.39, 0.29) is 67.6 Å². The molecule has 0 radical (unpaired) electrons. The number of ether oxygens (including phenoxy) is 4. The zero-order valence-electron chi connectivity index (χ0n) is 27.2. The van der Waals surface area contributed by atoms with Gasteiger partial charge in [-0.3, -0.25) is 14.4 Å². The van der Waals surface area contributed by atoms with E-state index in [0.717, 1.165) is 5.56 Å². The van der Waals surface area contributed by atoms with Crippen LogP contribution in [0.1, 0.15) is 71.3 Å². The Morgan fingerprint density at radius 3 is 2.57 bits per heavy atom. The van der Waals surface area contributed by atoms with Crippen LogP contribution in [0.15, 0.2) is 47.1 Å².